The van der Waals surface area contributed by atoms with Gasteiger partial charge in [-0.1, -0.05) is 31.5 Å². The van der Waals surface area contributed by atoms with Crippen LogP contribution in [0.25, 0.3) is 0 Å². The molecule has 1 atom stereocenters. The van der Waals surface area contributed by atoms with Crippen molar-refractivity contribution in [2.75, 3.05) is 18.4 Å². The zero-order valence-corrected chi connectivity index (χ0v) is 11.6. The third-order valence-corrected chi connectivity index (χ3v) is 3.85. The monoisotopic (exact) mass is 276 g/mol. The quantitative estimate of drug-likeness (QED) is 0.888. The first-order chi connectivity index (χ1) is 9.57. The molecule has 1 aliphatic heterocycles. The van der Waals surface area contributed by atoms with Gasteiger partial charge in [0.25, 0.3) is 0 Å². The normalized spacial score (nSPS) is 21.8. The number of nitrogens with one attached hydrogen (secondary N) is 1. The number of benzene rings is 1. The number of carbonyl (C=O) groups is 2. The number of hydrogen-bond donors (Lipinski definition) is 2. The summed E-state index contributed by atoms with van der Waals surface area (Å²) >= 11 is 0. The highest BCUT2D eigenvalue weighted by Gasteiger charge is 2.45. The lowest BCUT2D eigenvalue weighted by molar-refractivity contribution is -0.148. The topological polar surface area (TPSA) is 69.6 Å². The standard InChI is InChI=1S/C15H20N2O3/c1-2-8-15(13(18)19)9-10-17(11-15)14(20)16-12-6-4-3-5-7-12/h3-7H,2,8-11H2,1H3,(H,16,20)(H,18,19). The molecular formula is C15H20N2O3. The van der Waals surface area contributed by atoms with Crippen molar-refractivity contribution < 1.29 is 14.7 Å². The van der Waals surface area contributed by atoms with Gasteiger partial charge in [-0.3, -0.25) is 4.79 Å². The van der Waals surface area contributed by atoms with Crippen molar-refractivity contribution in [3.05, 3.63) is 30.3 Å². The zero-order valence-electron chi connectivity index (χ0n) is 11.6. The van der Waals surface area contributed by atoms with Crippen molar-refractivity contribution in [1.29, 1.82) is 0 Å². The molecule has 1 aromatic rings. The summed E-state index contributed by atoms with van der Waals surface area (Å²) < 4.78 is 0. The number of nitrogens with zero attached hydrogens (tertiary/aromatic N) is 1. The van der Waals surface area contributed by atoms with Gasteiger partial charge in [-0.15, -0.1) is 0 Å². The van der Waals surface area contributed by atoms with E-state index in [9.17, 15) is 14.7 Å². The SMILES string of the molecule is CCCC1(C(=O)O)CCN(C(=O)Nc2ccccc2)C1. The lowest BCUT2D eigenvalue weighted by Crippen LogP contribution is -2.38. The lowest BCUT2D eigenvalue weighted by Gasteiger charge is -2.24. The number of hydrogen-bond acceptors (Lipinski definition) is 2. The average Bonchev–Trinajstić information content (AvgIpc) is 2.86. The lowest BCUT2D eigenvalue weighted by atomic mass is 9.83. The first-order valence-electron chi connectivity index (χ1n) is 6.92. The van der Waals surface area contributed by atoms with Gasteiger partial charge in [0.2, 0.25) is 0 Å². The smallest absolute Gasteiger partial charge is 0.321 e. The van der Waals surface area contributed by atoms with E-state index in [1.807, 2.05) is 37.3 Å². The van der Waals surface area contributed by atoms with Crippen LogP contribution < -0.4 is 5.32 Å². The summed E-state index contributed by atoms with van der Waals surface area (Å²) in [6.07, 6.45) is 1.94. The van der Waals surface area contributed by atoms with E-state index in [2.05, 4.69) is 5.32 Å². The van der Waals surface area contributed by atoms with Crippen LogP contribution >= 0.6 is 0 Å². The minimum Gasteiger partial charge on any atom is -0.481 e. The van der Waals surface area contributed by atoms with Crippen molar-refractivity contribution >= 4 is 17.7 Å². The van der Waals surface area contributed by atoms with Gasteiger partial charge < -0.3 is 15.3 Å². The van der Waals surface area contributed by atoms with Gasteiger partial charge in [0.15, 0.2) is 0 Å². The Morgan fingerprint density at radius 3 is 2.65 bits per heavy atom. The van der Waals surface area contributed by atoms with Crippen molar-refractivity contribution in [3.8, 4) is 0 Å². The maximum atomic E-state index is 12.2. The van der Waals surface area contributed by atoms with Crippen LogP contribution in [0.3, 0.4) is 0 Å². The van der Waals surface area contributed by atoms with E-state index in [4.69, 9.17) is 0 Å². The summed E-state index contributed by atoms with van der Waals surface area (Å²) in [5, 5.41) is 12.2. The second-order valence-electron chi connectivity index (χ2n) is 5.30. The second-order valence-corrected chi connectivity index (χ2v) is 5.30. The molecule has 2 amide bonds. The number of aliphatic carboxylic acids is 1. The highest BCUT2D eigenvalue weighted by atomic mass is 16.4. The van der Waals surface area contributed by atoms with Gasteiger partial charge in [0.05, 0.1) is 5.41 Å². The highest BCUT2D eigenvalue weighted by Crippen LogP contribution is 2.35. The van der Waals surface area contributed by atoms with Gasteiger partial charge in [0, 0.05) is 18.8 Å². The Balaban J connectivity index is 2.01. The summed E-state index contributed by atoms with van der Waals surface area (Å²) in [4.78, 5) is 25.2. The Morgan fingerprint density at radius 1 is 1.35 bits per heavy atom. The fourth-order valence-electron chi connectivity index (χ4n) is 2.73. The van der Waals surface area contributed by atoms with E-state index < -0.39 is 11.4 Å². The van der Waals surface area contributed by atoms with Gasteiger partial charge in [0.1, 0.15) is 0 Å². The molecule has 1 saturated heterocycles. The van der Waals surface area contributed by atoms with Crippen molar-refractivity contribution in [2.45, 2.75) is 26.2 Å². The van der Waals surface area contributed by atoms with E-state index in [1.165, 1.54) is 0 Å². The molecule has 1 aliphatic rings. The van der Waals surface area contributed by atoms with E-state index >= 15 is 0 Å². The van der Waals surface area contributed by atoms with Crippen molar-refractivity contribution in [2.24, 2.45) is 5.41 Å². The Labute approximate surface area is 118 Å². The van der Waals surface area contributed by atoms with Crippen LogP contribution in [0.5, 0.6) is 0 Å². The molecule has 1 fully saturated rings. The molecule has 1 heterocycles. The third kappa shape index (κ3) is 2.92. The molecule has 2 N–H and O–H groups in total. The molecule has 0 aliphatic carbocycles. The molecule has 0 bridgehead atoms. The summed E-state index contributed by atoms with van der Waals surface area (Å²) in [6, 6.07) is 8.96. The maximum absolute atomic E-state index is 12.2. The Morgan fingerprint density at radius 2 is 2.05 bits per heavy atom. The molecule has 5 nitrogen and oxygen atoms in total. The van der Waals surface area contributed by atoms with Crippen LogP contribution in [0.1, 0.15) is 26.2 Å². The van der Waals surface area contributed by atoms with Gasteiger partial charge >= 0.3 is 12.0 Å². The van der Waals surface area contributed by atoms with Crippen LogP contribution in [-0.4, -0.2) is 35.1 Å². The number of urea groups is 1. The molecule has 2 rings (SSSR count). The third-order valence-electron chi connectivity index (χ3n) is 3.85. The average molecular weight is 276 g/mol. The van der Waals surface area contributed by atoms with Crippen LogP contribution in [0, 0.1) is 5.41 Å². The first kappa shape index (κ1) is 14.4. The van der Waals surface area contributed by atoms with Crippen LogP contribution in [0.15, 0.2) is 30.3 Å². The van der Waals surface area contributed by atoms with Crippen molar-refractivity contribution in [3.63, 3.8) is 0 Å². The number of para-hydroxylation sites is 1. The Hall–Kier alpha value is -2.04. The fourth-order valence-corrected chi connectivity index (χ4v) is 2.73. The number of carboxylic acid groups (broad SMARTS) is 1. The van der Waals surface area contributed by atoms with E-state index in [-0.39, 0.29) is 12.6 Å². The van der Waals surface area contributed by atoms with Gasteiger partial charge in [-0.05, 0) is 25.0 Å². The molecule has 0 spiro atoms. The van der Waals surface area contributed by atoms with Crippen LogP contribution in [0.2, 0.25) is 0 Å². The second kappa shape index (κ2) is 5.94. The van der Waals surface area contributed by atoms with Crippen molar-refractivity contribution in [1.82, 2.24) is 4.90 Å². The number of amides is 2. The predicted octanol–water partition coefficient (Wildman–Crippen LogP) is 2.80. The van der Waals surface area contributed by atoms with E-state index in [1.54, 1.807) is 4.90 Å². The molecule has 1 unspecified atom stereocenters. The molecule has 0 aromatic heterocycles. The van der Waals surface area contributed by atoms with Gasteiger partial charge in [-0.25, -0.2) is 4.79 Å². The fraction of sp³-hybridized carbons (Fsp3) is 0.467. The first-order valence-corrected chi connectivity index (χ1v) is 6.92. The predicted molar refractivity (Wildman–Crippen MR) is 76.6 cm³/mol. The summed E-state index contributed by atoms with van der Waals surface area (Å²) in [7, 11) is 0. The molecule has 108 valence electrons. The highest BCUT2D eigenvalue weighted by molar-refractivity contribution is 5.90. The molecule has 1 aromatic carbocycles. The number of carboxylic acids is 1. The summed E-state index contributed by atoms with van der Waals surface area (Å²) in [6.45, 7) is 2.75. The summed E-state index contributed by atoms with van der Waals surface area (Å²) in [5.41, 5.74) is -0.0520. The number of anilines is 1. The minimum absolute atomic E-state index is 0.226. The zero-order chi connectivity index (χ0) is 14.6. The van der Waals surface area contributed by atoms with Gasteiger partial charge in [-0.2, -0.15) is 0 Å². The largest absolute Gasteiger partial charge is 0.481 e. The van der Waals surface area contributed by atoms with Crippen LogP contribution in [-0.2, 0) is 4.79 Å². The minimum atomic E-state index is -0.797. The number of rotatable bonds is 4. The molecule has 0 saturated carbocycles. The van der Waals surface area contributed by atoms with E-state index in [0.717, 1.165) is 12.1 Å². The number of carbonyl (C=O) groups excluding carboxylic acids is 1. The van der Waals surface area contributed by atoms with E-state index in [0.29, 0.717) is 19.4 Å². The Bertz CT molecular complexity index is 489. The van der Waals surface area contributed by atoms with Crippen LogP contribution in [0.4, 0.5) is 10.5 Å². The molecule has 0 radical (unpaired) electrons. The number of likely N-dealkylation sites (tertiary alicyclic amines) is 1. The molecule has 5 heteroatoms. The Kier molecular flexibility index (Phi) is 4.27. The summed E-state index contributed by atoms with van der Waals surface area (Å²) in [5.74, 6) is -0.797. The molecular weight excluding hydrogens is 256 g/mol. The maximum Gasteiger partial charge on any atom is 0.321 e. The molecule has 20 heavy (non-hydrogen) atoms.